The topological polar surface area (TPSA) is 53.4 Å². The Hall–Kier alpha value is -1.42. The Kier molecular flexibility index (Phi) is 7.03. The highest BCUT2D eigenvalue weighted by Crippen LogP contribution is 2.03. The van der Waals surface area contributed by atoms with E-state index in [0.717, 1.165) is 25.1 Å². The Morgan fingerprint density at radius 1 is 1.39 bits per heavy atom. The second kappa shape index (κ2) is 8.64. The van der Waals surface area contributed by atoms with Gasteiger partial charge < -0.3 is 10.0 Å². The number of pyridine rings is 1. The minimum absolute atomic E-state index is 0.0268. The SMILES string of the molecule is CCCCN(CCO)C(=O)CCc1ccccn1. The summed E-state index contributed by atoms with van der Waals surface area (Å²) in [5.74, 6) is 0.100. The van der Waals surface area contributed by atoms with Crippen molar-refractivity contribution in [2.75, 3.05) is 19.7 Å². The van der Waals surface area contributed by atoms with Crippen LogP contribution in [0.4, 0.5) is 0 Å². The normalized spacial score (nSPS) is 10.3. The summed E-state index contributed by atoms with van der Waals surface area (Å²) in [7, 11) is 0. The number of aliphatic hydroxyl groups is 1. The molecule has 100 valence electrons. The molecule has 1 amide bonds. The highest BCUT2D eigenvalue weighted by atomic mass is 16.3. The van der Waals surface area contributed by atoms with Gasteiger partial charge in [-0.3, -0.25) is 9.78 Å². The molecule has 1 N–H and O–H groups in total. The quantitative estimate of drug-likeness (QED) is 0.763. The molecule has 0 spiro atoms. The molecule has 0 bridgehead atoms. The van der Waals surface area contributed by atoms with E-state index in [1.54, 1.807) is 11.1 Å². The van der Waals surface area contributed by atoms with E-state index in [9.17, 15) is 4.79 Å². The Morgan fingerprint density at radius 2 is 2.22 bits per heavy atom. The Labute approximate surface area is 109 Å². The third kappa shape index (κ3) is 5.27. The third-order valence-electron chi connectivity index (χ3n) is 2.83. The molecule has 0 fully saturated rings. The van der Waals surface area contributed by atoms with Gasteiger partial charge in [0.05, 0.1) is 6.61 Å². The maximum Gasteiger partial charge on any atom is 0.223 e. The van der Waals surface area contributed by atoms with Gasteiger partial charge in [0, 0.05) is 31.4 Å². The van der Waals surface area contributed by atoms with Crippen LogP contribution in [0, 0.1) is 0 Å². The van der Waals surface area contributed by atoms with E-state index in [1.165, 1.54) is 0 Å². The van der Waals surface area contributed by atoms with Crippen LogP contribution in [0.5, 0.6) is 0 Å². The van der Waals surface area contributed by atoms with Gasteiger partial charge in [0.25, 0.3) is 0 Å². The van der Waals surface area contributed by atoms with Crippen molar-refractivity contribution in [2.24, 2.45) is 0 Å². The van der Waals surface area contributed by atoms with Gasteiger partial charge in [0.15, 0.2) is 0 Å². The van der Waals surface area contributed by atoms with Crippen molar-refractivity contribution in [1.29, 1.82) is 0 Å². The van der Waals surface area contributed by atoms with Crippen molar-refractivity contribution < 1.29 is 9.90 Å². The number of hydrogen-bond donors (Lipinski definition) is 1. The van der Waals surface area contributed by atoms with E-state index < -0.39 is 0 Å². The molecule has 0 unspecified atom stereocenters. The molecule has 0 saturated heterocycles. The van der Waals surface area contributed by atoms with Crippen molar-refractivity contribution in [1.82, 2.24) is 9.88 Å². The lowest BCUT2D eigenvalue weighted by Gasteiger charge is -2.21. The average molecular weight is 250 g/mol. The van der Waals surface area contributed by atoms with Gasteiger partial charge in [-0.2, -0.15) is 0 Å². The smallest absolute Gasteiger partial charge is 0.223 e. The summed E-state index contributed by atoms with van der Waals surface area (Å²) in [6.45, 7) is 3.29. The fraction of sp³-hybridized carbons (Fsp3) is 0.571. The molecule has 0 saturated carbocycles. The summed E-state index contributed by atoms with van der Waals surface area (Å²) in [5, 5.41) is 8.96. The fourth-order valence-corrected chi connectivity index (χ4v) is 1.77. The second-order valence-electron chi connectivity index (χ2n) is 4.28. The van der Waals surface area contributed by atoms with E-state index >= 15 is 0 Å². The van der Waals surface area contributed by atoms with E-state index in [-0.39, 0.29) is 12.5 Å². The summed E-state index contributed by atoms with van der Waals surface area (Å²) in [6, 6.07) is 5.72. The number of amides is 1. The maximum absolute atomic E-state index is 12.0. The van der Waals surface area contributed by atoms with E-state index in [0.29, 0.717) is 19.4 Å². The number of unbranched alkanes of at least 4 members (excludes halogenated alkanes) is 1. The predicted molar refractivity (Wildman–Crippen MR) is 71.1 cm³/mol. The van der Waals surface area contributed by atoms with Gasteiger partial charge in [-0.05, 0) is 25.0 Å². The lowest BCUT2D eigenvalue weighted by Crippen LogP contribution is -2.34. The number of hydrogen-bond acceptors (Lipinski definition) is 3. The first kappa shape index (κ1) is 14.6. The molecular weight excluding hydrogens is 228 g/mol. The molecule has 0 aliphatic heterocycles. The minimum Gasteiger partial charge on any atom is -0.395 e. The average Bonchev–Trinajstić information content (AvgIpc) is 2.42. The van der Waals surface area contributed by atoms with Crippen LogP contribution in [0.3, 0.4) is 0 Å². The first-order valence-corrected chi connectivity index (χ1v) is 6.56. The third-order valence-corrected chi connectivity index (χ3v) is 2.83. The first-order valence-electron chi connectivity index (χ1n) is 6.56. The molecule has 0 aromatic carbocycles. The molecule has 1 aromatic heterocycles. The lowest BCUT2D eigenvalue weighted by molar-refractivity contribution is -0.131. The monoisotopic (exact) mass is 250 g/mol. The zero-order chi connectivity index (χ0) is 13.2. The van der Waals surface area contributed by atoms with Crippen LogP contribution in [0.2, 0.25) is 0 Å². The summed E-state index contributed by atoms with van der Waals surface area (Å²) < 4.78 is 0. The van der Waals surface area contributed by atoms with E-state index in [2.05, 4.69) is 11.9 Å². The van der Waals surface area contributed by atoms with Crippen molar-refractivity contribution in [3.05, 3.63) is 30.1 Å². The van der Waals surface area contributed by atoms with Gasteiger partial charge in [0.1, 0.15) is 0 Å². The Bertz CT molecular complexity index is 341. The van der Waals surface area contributed by atoms with Crippen LogP contribution in [0.15, 0.2) is 24.4 Å². The van der Waals surface area contributed by atoms with E-state index in [1.807, 2.05) is 18.2 Å². The number of aromatic nitrogens is 1. The van der Waals surface area contributed by atoms with Gasteiger partial charge in [-0.25, -0.2) is 0 Å². The zero-order valence-electron chi connectivity index (χ0n) is 11.0. The van der Waals surface area contributed by atoms with Crippen LogP contribution in [-0.2, 0) is 11.2 Å². The molecule has 0 aliphatic rings. The molecule has 1 heterocycles. The first-order chi connectivity index (χ1) is 8.77. The summed E-state index contributed by atoms with van der Waals surface area (Å²) in [4.78, 5) is 17.9. The molecule has 4 nitrogen and oxygen atoms in total. The number of carbonyl (C=O) groups excluding carboxylic acids is 1. The number of aliphatic hydroxyl groups excluding tert-OH is 1. The molecular formula is C14H22N2O2. The zero-order valence-corrected chi connectivity index (χ0v) is 11.0. The van der Waals surface area contributed by atoms with E-state index in [4.69, 9.17) is 5.11 Å². The lowest BCUT2D eigenvalue weighted by atomic mass is 10.2. The predicted octanol–water partition coefficient (Wildman–Crippen LogP) is 1.64. The highest BCUT2D eigenvalue weighted by Gasteiger charge is 2.12. The number of nitrogens with zero attached hydrogens (tertiary/aromatic N) is 2. The second-order valence-corrected chi connectivity index (χ2v) is 4.28. The molecule has 0 aliphatic carbocycles. The van der Waals surface area contributed by atoms with Crippen LogP contribution in [-0.4, -0.2) is 40.6 Å². The van der Waals surface area contributed by atoms with Crippen molar-refractivity contribution in [3.63, 3.8) is 0 Å². The number of carbonyl (C=O) groups is 1. The molecule has 4 heteroatoms. The van der Waals surface area contributed by atoms with Gasteiger partial charge >= 0.3 is 0 Å². The summed E-state index contributed by atoms with van der Waals surface area (Å²) >= 11 is 0. The molecule has 18 heavy (non-hydrogen) atoms. The standard InChI is InChI=1S/C14H22N2O2/c1-2-3-10-16(11-12-17)14(18)8-7-13-6-4-5-9-15-13/h4-6,9,17H,2-3,7-8,10-12H2,1H3. The molecule has 0 radical (unpaired) electrons. The minimum atomic E-state index is 0.0268. The number of aryl methyl sites for hydroxylation is 1. The van der Waals surface area contributed by atoms with Crippen LogP contribution in [0.1, 0.15) is 31.9 Å². The van der Waals surface area contributed by atoms with Crippen LogP contribution in [0.25, 0.3) is 0 Å². The fourth-order valence-electron chi connectivity index (χ4n) is 1.77. The molecule has 1 aromatic rings. The molecule has 1 rings (SSSR count). The largest absolute Gasteiger partial charge is 0.395 e. The van der Waals surface area contributed by atoms with Crippen molar-refractivity contribution in [2.45, 2.75) is 32.6 Å². The van der Waals surface area contributed by atoms with Gasteiger partial charge in [-0.1, -0.05) is 19.4 Å². The Morgan fingerprint density at radius 3 is 2.83 bits per heavy atom. The van der Waals surface area contributed by atoms with Gasteiger partial charge in [0.2, 0.25) is 5.91 Å². The van der Waals surface area contributed by atoms with Crippen molar-refractivity contribution >= 4 is 5.91 Å². The van der Waals surface area contributed by atoms with Crippen molar-refractivity contribution in [3.8, 4) is 0 Å². The summed E-state index contributed by atoms with van der Waals surface area (Å²) in [5.41, 5.74) is 0.935. The molecule has 0 atom stereocenters. The Balaban J connectivity index is 2.40. The number of rotatable bonds is 8. The highest BCUT2D eigenvalue weighted by molar-refractivity contribution is 5.76. The van der Waals surface area contributed by atoms with Crippen LogP contribution < -0.4 is 0 Å². The van der Waals surface area contributed by atoms with Crippen LogP contribution >= 0.6 is 0 Å². The van der Waals surface area contributed by atoms with Gasteiger partial charge in [-0.15, -0.1) is 0 Å². The maximum atomic E-state index is 12.0. The summed E-state index contributed by atoms with van der Waals surface area (Å²) in [6.07, 6.45) is 4.89.